The molecule has 0 spiro atoms. The van der Waals surface area contributed by atoms with Crippen molar-refractivity contribution in [3.05, 3.63) is 76.2 Å². The number of carbonyl (C=O) groups is 1. The lowest BCUT2D eigenvalue weighted by Crippen LogP contribution is -1.98. The second-order valence-corrected chi connectivity index (χ2v) is 5.17. The highest BCUT2D eigenvalue weighted by molar-refractivity contribution is 6.33. The third kappa shape index (κ3) is 3.92. The highest BCUT2D eigenvalue weighted by Gasteiger charge is 2.04. The van der Waals surface area contributed by atoms with Gasteiger partial charge in [-0.05, 0) is 49.2 Å². The van der Waals surface area contributed by atoms with Crippen LogP contribution >= 0.6 is 11.6 Å². The molecule has 0 radical (unpaired) electrons. The van der Waals surface area contributed by atoms with E-state index < -0.39 is 5.82 Å². The Labute approximate surface area is 128 Å². The molecule has 2 aromatic carbocycles. The minimum absolute atomic E-state index is 0.108. The molecule has 1 N–H and O–H groups in total. The molecule has 0 aliphatic carbocycles. The smallest absolute Gasteiger partial charge is 0.187 e. The third-order valence-corrected chi connectivity index (χ3v) is 3.51. The lowest BCUT2D eigenvalue weighted by molar-refractivity contribution is 0.104. The average Bonchev–Trinajstić information content (AvgIpc) is 2.44. The van der Waals surface area contributed by atoms with Gasteiger partial charge in [0.1, 0.15) is 5.82 Å². The summed E-state index contributed by atoms with van der Waals surface area (Å²) in [5.74, 6) is -0.510. The zero-order valence-electron chi connectivity index (χ0n) is 11.8. The molecule has 2 rings (SSSR count). The highest BCUT2D eigenvalue weighted by Crippen LogP contribution is 2.22. The maximum absolute atomic E-state index is 12.9. The average molecular weight is 304 g/mol. The number of ketones is 1. The van der Waals surface area contributed by atoms with Crippen LogP contribution in [0.1, 0.15) is 21.5 Å². The number of carbonyl (C=O) groups excluding carboxylic acids is 1. The predicted octanol–water partition coefficient (Wildman–Crippen LogP) is 4.90. The topological polar surface area (TPSA) is 29.1 Å². The Morgan fingerprint density at radius 2 is 1.90 bits per heavy atom. The molecule has 0 saturated heterocycles. The van der Waals surface area contributed by atoms with Crippen molar-refractivity contribution in [2.24, 2.45) is 0 Å². The van der Waals surface area contributed by atoms with Crippen LogP contribution in [0.5, 0.6) is 0 Å². The summed E-state index contributed by atoms with van der Waals surface area (Å²) >= 11 is 5.88. The molecular formula is C17H15ClFNO. The first-order valence-electron chi connectivity index (χ1n) is 6.47. The van der Waals surface area contributed by atoms with Crippen molar-refractivity contribution in [3.63, 3.8) is 0 Å². The van der Waals surface area contributed by atoms with E-state index in [-0.39, 0.29) is 10.8 Å². The number of nitrogens with one attached hydrogen (secondary N) is 1. The van der Waals surface area contributed by atoms with E-state index in [1.165, 1.54) is 30.5 Å². The lowest BCUT2D eigenvalue weighted by Gasteiger charge is -2.04. The van der Waals surface area contributed by atoms with E-state index in [1.54, 1.807) is 6.07 Å². The predicted molar refractivity (Wildman–Crippen MR) is 84.4 cm³/mol. The van der Waals surface area contributed by atoms with Gasteiger partial charge in [0.15, 0.2) is 5.78 Å². The van der Waals surface area contributed by atoms with Gasteiger partial charge >= 0.3 is 0 Å². The number of allylic oxidation sites excluding steroid dienone is 1. The molecule has 0 heterocycles. The van der Waals surface area contributed by atoms with Gasteiger partial charge in [0, 0.05) is 17.8 Å². The van der Waals surface area contributed by atoms with Crippen LogP contribution in [0.15, 0.2) is 48.7 Å². The van der Waals surface area contributed by atoms with E-state index >= 15 is 0 Å². The first kappa shape index (κ1) is 15.3. The summed E-state index contributed by atoms with van der Waals surface area (Å²) in [6, 6.07) is 9.59. The highest BCUT2D eigenvalue weighted by atomic mass is 35.5. The number of hydrogen-bond acceptors (Lipinski definition) is 2. The molecule has 0 aliphatic rings. The summed E-state index contributed by atoms with van der Waals surface area (Å²) in [6.45, 7) is 3.96. The van der Waals surface area contributed by atoms with Gasteiger partial charge in [0.25, 0.3) is 0 Å². The molecular weight excluding hydrogens is 289 g/mol. The van der Waals surface area contributed by atoms with E-state index in [1.807, 2.05) is 26.0 Å². The van der Waals surface area contributed by atoms with Crippen LogP contribution in [0.3, 0.4) is 0 Å². The minimum Gasteiger partial charge on any atom is -0.360 e. The maximum atomic E-state index is 12.9. The lowest BCUT2D eigenvalue weighted by atomic mass is 10.0. The van der Waals surface area contributed by atoms with Gasteiger partial charge in [0.05, 0.1) is 10.7 Å². The van der Waals surface area contributed by atoms with Crippen LogP contribution in [-0.2, 0) is 0 Å². The summed E-state index contributed by atoms with van der Waals surface area (Å²) in [5, 5.41) is 3.13. The van der Waals surface area contributed by atoms with Crippen molar-refractivity contribution in [1.82, 2.24) is 0 Å². The zero-order chi connectivity index (χ0) is 15.4. The van der Waals surface area contributed by atoms with Crippen molar-refractivity contribution < 1.29 is 9.18 Å². The number of anilines is 1. The van der Waals surface area contributed by atoms with Crippen LogP contribution in [0.25, 0.3) is 0 Å². The Kier molecular flexibility index (Phi) is 4.76. The Balaban J connectivity index is 2.06. The molecule has 0 fully saturated rings. The summed E-state index contributed by atoms with van der Waals surface area (Å²) in [6.07, 6.45) is 2.92. The fourth-order valence-electron chi connectivity index (χ4n) is 1.80. The molecule has 4 heteroatoms. The first-order valence-corrected chi connectivity index (χ1v) is 6.85. The summed E-state index contributed by atoms with van der Waals surface area (Å²) < 4.78 is 12.9. The molecule has 0 aromatic heterocycles. The molecule has 0 aliphatic heterocycles. The van der Waals surface area contributed by atoms with Crippen LogP contribution in [0, 0.1) is 19.7 Å². The van der Waals surface area contributed by atoms with Gasteiger partial charge in [-0.1, -0.05) is 23.7 Å². The van der Waals surface area contributed by atoms with Crippen molar-refractivity contribution in [2.75, 3.05) is 5.32 Å². The standard InChI is InChI=1S/C17H15ClFNO/c1-11-3-4-13(9-12(11)2)17(21)7-8-20-16-6-5-14(19)10-15(16)18/h3-10,20H,1-2H3. The van der Waals surface area contributed by atoms with E-state index in [0.29, 0.717) is 11.3 Å². The van der Waals surface area contributed by atoms with Gasteiger partial charge in [0.2, 0.25) is 0 Å². The number of halogens is 2. The number of hydrogen-bond donors (Lipinski definition) is 1. The van der Waals surface area contributed by atoms with Crippen molar-refractivity contribution in [2.45, 2.75) is 13.8 Å². The number of aryl methyl sites for hydroxylation is 2. The van der Waals surface area contributed by atoms with Crippen LogP contribution < -0.4 is 5.32 Å². The second-order valence-electron chi connectivity index (χ2n) is 4.77. The van der Waals surface area contributed by atoms with Gasteiger partial charge < -0.3 is 5.32 Å². The maximum Gasteiger partial charge on any atom is 0.187 e. The quantitative estimate of drug-likeness (QED) is 0.642. The largest absolute Gasteiger partial charge is 0.360 e. The fourth-order valence-corrected chi connectivity index (χ4v) is 2.03. The third-order valence-electron chi connectivity index (χ3n) is 3.20. The molecule has 108 valence electrons. The minimum atomic E-state index is -0.402. The Hall–Kier alpha value is -2.13. The number of rotatable bonds is 4. The molecule has 2 nitrogen and oxygen atoms in total. The molecule has 0 bridgehead atoms. The first-order chi connectivity index (χ1) is 9.97. The summed E-state index contributed by atoms with van der Waals surface area (Å²) in [5.41, 5.74) is 3.39. The molecule has 0 amide bonds. The molecule has 0 unspecified atom stereocenters. The van der Waals surface area contributed by atoms with Gasteiger partial charge in [-0.3, -0.25) is 4.79 Å². The van der Waals surface area contributed by atoms with Crippen LogP contribution in [0.4, 0.5) is 10.1 Å². The van der Waals surface area contributed by atoms with Gasteiger partial charge in [-0.25, -0.2) is 4.39 Å². The Morgan fingerprint density at radius 1 is 1.14 bits per heavy atom. The Morgan fingerprint density at radius 3 is 2.57 bits per heavy atom. The van der Waals surface area contributed by atoms with Crippen molar-refractivity contribution >= 4 is 23.1 Å². The van der Waals surface area contributed by atoms with Crippen LogP contribution in [-0.4, -0.2) is 5.78 Å². The number of benzene rings is 2. The molecule has 0 atom stereocenters. The zero-order valence-corrected chi connectivity index (χ0v) is 12.5. The molecule has 0 saturated carbocycles. The SMILES string of the molecule is Cc1ccc(C(=O)C=CNc2ccc(F)cc2Cl)cc1C. The Bertz CT molecular complexity index is 710. The monoisotopic (exact) mass is 303 g/mol. The van der Waals surface area contributed by atoms with E-state index in [4.69, 9.17) is 11.6 Å². The van der Waals surface area contributed by atoms with E-state index in [0.717, 1.165) is 11.1 Å². The van der Waals surface area contributed by atoms with Crippen molar-refractivity contribution in [3.8, 4) is 0 Å². The second kappa shape index (κ2) is 6.55. The van der Waals surface area contributed by atoms with Gasteiger partial charge in [-0.15, -0.1) is 0 Å². The van der Waals surface area contributed by atoms with Gasteiger partial charge in [-0.2, -0.15) is 0 Å². The van der Waals surface area contributed by atoms with E-state index in [9.17, 15) is 9.18 Å². The summed E-state index contributed by atoms with van der Waals surface area (Å²) in [4.78, 5) is 12.0. The van der Waals surface area contributed by atoms with Crippen molar-refractivity contribution in [1.29, 1.82) is 0 Å². The molecule has 21 heavy (non-hydrogen) atoms. The normalized spacial score (nSPS) is 10.9. The summed E-state index contributed by atoms with van der Waals surface area (Å²) in [7, 11) is 0. The van der Waals surface area contributed by atoms with Crippen LogP contribution in [0.2, 0.25) is 5.02 Å². The molecule has 2 aromatic rings. The fraction of sp³-hybridized carbons (Fsp3) is 0.118. The van der Waals surface area contributed by atoms with E-state index in [2.05, 4.69) is 5.32 Å².